The molecule has 0 saturated heterocycles. The minimum Gasteiger partial charge on any atom is -0.731 e. The van der Waals surface area contributed by atoms with Gasteiger partial charge in [-0.15, -0.1) is 0 Å². The van der Waals surface area contributed by atoms with Gasteiger partial charge in [0.15, 0.2) is 10.3 Å². The van der Waals surface area contributed by atoms with Crippen LogP contribution in [-0.4, -0.2) is 13.0 Å². The molecule has 4 nitrogen and oxygen atoms in total. The maximum atomic E-state index is 12.3. The average molecular weight is 298 g/mol. The molecule has 0 saturated carbocycles. The normalized spacial score (nSPS) is 11.8. The molecule has 1 N–H and O–H groups in total. The van der Waals surface area contributed by atoms with Gasteiger partial charge in [0, 0.05) is 10.7 Å². The van der Waals surface area contributed by atoms with E-state index in [9.17, 15) is 26.1 Å². The molecule has 90 valence electrons. The summed E-state index contributed by atoms with van der Waals surface area (Å²) in [5.74, 6) is 0. The molecule has 1 aromatic rings. The van der Waals surface area contributed by atoms with E-state index in [2.05, 4.69) is 0 Å². The SMILES string of the molecule is O=S(=O)([O-])Nc1cc(Cl)cc(C(F)(F)F)c1.[Na+]. The van der Waals surface area contributed by atoms with Gasteiger partial charge in [0.2, 0.25) is 0 Å². The number of hydrogen-bond acceptors (Lipinski definition) is 3. The molecule has 10 heteroatoms. The average Bonchev–Trinajstić information content (AvgIpc) is 1.97. The van der Waals surface area contributed by atoms with Crippen molar-refractivity contribution in [2.24, 2.45) is 0 Å². The maximum absolute atomic E-state index is 12.3. The van der Waals surface area contributed by atoms with E-state index in [1.54, 1.807) is 0 Å². The van der Waals surface area contributed by atoms with Crippen LogP contribution in [0.3, 0.4) is 0 Å². The summed E-state index contributed by atoms with van der Waals surface area (Å²) >= 11 is 5.35. The summed E-state index contributed by atoms with van der Waals surface area (Å²) in [5, 5.41) is -0.332. The second-order valence-corrected chi connectivity index (χ2v) is 4.33. The third-order valence-corrected chi connectivity index (χ3v) is 2.17. The molecule has 0 atom stereocenters. The quantitative estimate of drug-likeness (QED) is 0.576. The number of rotatable bonds is 2. The third kappa shape index (κ3) is 5.94. The van der Waals surface area contributed by atoms with Crippen LogP contribution >= 0.6 is 11.6 Å². The Morgan fingerprint density at radius 2 is 1.76 bits per heavy atom. The zero-order valence-corrected chi connectivity index (χ0v) is 11.9. The monoisotopic (exact) mass is 297 g/mol. The van der Waals surface area contributed by atoms with Gasteiger partial charge in [-0.2, -0.15) is 13.2 Å². The molecule has 0 aliphatic heterocycles. The molecule has 0 radical (unpaired) electrons. The number of hydrogen-bond donors (Lipinski definition) is 1. The summed E-state index contributed by atoms with van der Waals surface area (Å²) < 4.78 is 69.0. The summed E-state index contributed by atoms with van der Waals surface area (Å²) in [6.07, 6.45) is -4.67. The van der Waals surface area contributed by atoms with E-state index < -0.39 is 27.7 Å². The van der Waals surface area contributed by atoms with Gasteiger partial charge in [-0.3, -0.25) is 4.72 Å². The van der Waals surface area contributed by atoms with Crippen molar-refractivity contribution in [3.63, 3.8) is 0 Å². The second-order valence-electron chi connectivity index (χ2n) is 2.78. The third-order valence-electron chi connectivity index (χ3n) is 1.47. The molecule has 0 unspecified atom stereocenters. The van der Waals surface area contributed by atoms with E-state index in [1.807, 2.05) is 0 Å². The Hall–Kier alpha value is 0.01000. The zero-order valence-electron chi connectivity index (χ0n) is 8.38. The Morgan fingerprint density at radius 3 is 2.18 bits per heavy atom. The first-order valence-electron chi connectivity index (χ1n) is 3.69. The molecule has 0 aliphatic carbocycles. The van der Waals surface area contributed by atoms with E-state index >= 15 is 0 Å². The van der Waals surface area contributed by atoms with Crippen LogP contribution in [-0.2, 0) is 16.5 Å². The Morgan fingerprint density at radius 1 is 1.24 bits per heavy atom. The van der Waals surface area contributed by atoms with Crippen LogP contribution in [0.15, 0.2) is 18.2 Å². The molecular weight excluding hydrogens is 294 g/mol. The van der Waals surface area contributed by atoms with Gasteiger partial charge in [0.1, 0.15) is 0 Å². The van der Waals surface area contributed by atoms with Crippen molar-refractivity contribution >= 4 is 27.6 Å². The van der Waals surface area contributed by atoms with Gasteiger partial charge in [-0.25, -0.2) is 8.42 Å². The van der Waals surface area contributed by atoms with Crippen LogP contribution in [0, 0.1) is 0 Å². The summed E-state index contributed by atoms with van der Waals surface area (Å²) in [5.41, 5.74) is -1.68. The molecular formula is C7H4ClF3NNaO3S. The second kappa shape index (κ2) is 5.77. The maximum Gasteiger partial charge on any atom is 1.00 e. The summed E-state index contributed by atoms with van der Waals surface area (Å²) in [7, 11) is -4.88. The van der Waals surface area contributed by atoms with Crippen LogP contribution in [0.25, 0.3) is 0 Å². The molecule has 0 spiro atoms. The predicted octanol–water partition coefficient (Wildman–Crippen LogP) is -0.765. The van der Waals surface area contributed by atoms with Gasteiger partial charge in [-0.1, -0.05) is 11.6 Å². The van der Waals surface area contributed by atoms with Crippen molar-refractivity contribution in [1.29, 1.82) is 0 Å². The zero-order chi connectivity index (χ0) is 12.6. The van der Waals surface area contributed by atoms with Crippen molar-refractivity contribution in [2.75, 3.05) is 4.72 Å². The van der Waals surface area contributed by atoms with Crippen LogP contribution in [0.5, 0.6) is 0 Å². The molecule has 0 bridgehead atoms. The number of halogens is 4. The van der Waals surface area contributed by atoms with Crippen molar-refractivity contribution in [2.45, 2.75) is 6.18 Å². The Balaban J connectivity index is 0.00000256. The number of benzene rings is 1. The van der Waals surface area contributed by atoms with Crippen molar-refractivity contribution in [3.8, 4) is 0 Å². The van der Waals surface area contributed by atoms with E-state index in [0.29, 0.717) is 12.1 Å². The fraction of sp³-hybridized carbons (Fsp3) is 0.143. The van der Waals surface area contributed by atoms with E-state index in [0.717, 1.165) is 6.07 Å². The number of alkyl halides is 3. The van der Waals surface area contributed by atoms with Gasteiger partial charge in [0.05, 0.1) is 5.56 Å². The van der Waals surface area contributed by atoms with Crippen LogP contribution in [0.1, 0.15) is 5.56 Å². The molecule has 1 aromatic carbocycles. The molecule has 17 heavy (non-hydrogen) atoms. The molecule has 1 rings (SSSR count). The summed E-state index contributed by atoms with van der Waals surface area (Å²) in [6, 6.07) is 1.98. The molecule has 0 amide bonds. The smallest absolute Gasteiger partial charge is 0.731 e. The van der Waals surface area contributed by atoms with Gasteiger partial charge in [0.25, 0.3) is 0 Å². The van der Waals surface area contributed by atoms with Crippen molar-refractivity contribution in [3.05, 3.63) is 28.8 Å². The van der Waals surface area contributed by atoms with E-state index in [4.69, 9.17) is 11.6 Å². The Kier molecular flexibility index (Phi) is 5.77. The minimum absolute atomic E-state index is 0. The Labute approximate surface area is 122 Å². The molecule has 0 aliphatic rings. The van der Waals surface area contributed by atoms with Gasteiger partial charge < -0.3 is 4.55 Å². The van der Waals surface area contributed by atoms with Gasteiger partial charge in [-0.05, 0) is 18.2 Å². The summed E-state index contributed by atoms with van der Waals surface area (Å²) in [6.45, 7) is 0. The number of anilines is 1. The van der Waals surface area contributed by atoms with Crippen LogP contribution in [0.2, 0.25) is 5.02 Å². The first-order valence-corrected chi connectivity index (χ1v) is 5.48. The van der Waals surface area contributed by atoms with Crippen molar-refractivity contribution < 1.29 is 55.7 Å². The largest absolute Gasteiger partial charge is 1.00 e. The molecule has 0 heterocycles. The molecule has 0 fully saturated rings. The topological polar surface area (TPSA) is 69.2 Å². The summed E-state index contributed by atoms with van der Waals surface area (Å²) in [4.78, 5) is 0. The van der Waals surface area contributed by atoms with E-state index in [-0.39, 0.29) is 34.6 Å². The fourth-order valence-electron chi connectivity index (χ4n) is 0.957. The predicted molar refractivity (Wildman–Crippen MR) is 49.8 cm³/mol. The molecule has 0 aromatic heterocycles. The van der Waals surface area contributed by atoms with E-state index in [1.165, 1.54) is 4.72 Å². The first kappa shape index (κ1) is 17.0. The fourth-order valence-corrected chi connectivity index (χ4v) is 1.60. The number of nitrogens with one attached hydrogen (secondary N) is 1. The van der Waals surface area contributed by atoms with Crippen molar-refractivity contribution in [1.82, 2.24) is 0 Å². The van der Waals surface area contributed by atoms with Crippen LogP contribution in [0.4, 0.5) is 18.9 Å². The Bertz CT molecular complexity index is 506. The first-order chi connectivity index (χ1) is 7.08. The standard InChI is InChI=1S/C7H5ClF3NO3S.Na/c8-5-1-4(7(9,10)11)2-6(3-5)12-16(13,14)15;/h1-3,12H,(H,13,14,15);/q;+1/p-1. The van der Waals surface area contributed by atoms with Gasteiger partial charge >= 0.3 is 35.7 Å². The minimum atomic E-state index is -4.88. The van der Waals surface area contributed by atoms with Crippen LogP contribution < -0.4 is 34.3 Å².